The quantitative estimate of drug-likeness (QED) is 0.846. The van der Waals surface area contributed by atoms with Crippen molar-refractivity contribution in [3.05, 3.63) is 29.8 Å². The first-order valence-electron chi connectivity index (χ1n) is 8.92. The molecule has 2 unspecified atom stereocenters. The molecule has 1 aliphatic heterocycles. The molecule has 2 aliphatic rings. The average Bonchev–Trinajstić information content (AvgIpc) is 3.02. The van der Waals surface area contributed by atoms with E-state index in [4.69, 9.17) is 0 Å². The number of nitrogens with one attached hydrogen (secondary N) is 1. The molecule has 2 atom stereocenters. The van der Waals surface area contributed by atoms with Gasteiger partial charge in [-0.3, -0.25) is 4.90 Å². The topological polar surface area (TPSA) is 15.3 Å². The van der Waals surface area contributed by atoms with Crippen LogP contribution in [0.1, 0.15) is 57.4 Å². The molecule has 0 bridgehead atoms. The molecule has 2 heteroatoms. The molecule has 1 aromatic rings. The van der Waals surface area contributed by atoms with E-state index in [1.165, 1.54) is 69.3 Å². The molecule has 1 saturated carbocycles. The standard InChI is InChI=1S/C19H30N2/c1-2-16-8-7-10-18(14-16)20-19-11-4-3-9-17(19)15-21-12-5-6-13-21/h3-4,9,11,16,18,20H,2,5-8,10,12-15H2,1H3. The van der Waals surface area contributed by atoms with Gasteiger partial charge in [-0.1, -0.05) is 44.4 Å². The van der Waals surface area contributed by atoms with Crippen molar-refractivity contribution in [1.29, 1.82) is 0 Å². The molecular weight excluding hydrogens is 256 g/mol. The minimum atomic E-state index is 0.684. The average molecular weight is 286 g/mol. The molecule has 0 aromatic heterocycles. The van der Waals surface area contributed by atoms with Crippen LogP contribution in [-0.2, 0) is 6.54 Å². The Morgan fingerprint density at radius 1 is 1.10 bits per heavy atom. The van der Waals surface area contributed by atoms with Gasteiger partial charge in [-0.05, 0) is 56.3 Å². The van der Waals surface area contributed by atoms with Gasteiger partial charge in [-0.15, -0.1) is 0 Å². The Labute approximate surface area is 129 Å². The molecule has 116 valence electrons. The maximum absolute atomic E-state index is 3.86. The molecule has 1 saturated heterocycles. The van der Waals surface area contributed by atoms with Crippen LogP contribution in [-0.4, -0.2) is 24.0 Å². The van der Waals surface area contributed by atoms with Crippen LogP contribution in [0.5, 0.6) is 0 Å². The summed E-state index contributed by atoms with van der Waals surface area (Å²) in [6.07, 6.45) is 9.61. The van der Waals surface area contributed by atoms with Gasteiger partial charge in [0.25, 0.3) is 0 Å². The Kier molecular flexibility index (Phi) is 5.18. The van der Waals surface area contributed by atoms with Gasteiger partial charge in [0.05, 0.1) is 0 Å². The van der Waals surface area contributed by atoms with Crippen molar-refractivity contribution in [2.75, 3.05) is 18.4 Å². The van der Waals surface area contributed by atoms with Crippen molar-refractivity contribution >= 4 is 5.69 Å². The van der Waals surface area contributed by atoms with E-state index in [-0.39, 0.29) is 0 Å². The number of para-hydroxylation sites is 1. The third-order valence-corrected chi connectivity index (χ3v) is 5.33. The highest BCUT2D eigenvalue weighted by Crippen LogP contribution is 2.30. The first kappa shape index (κ1) is 14.9. The normalized spacial score (nSPS) is 26.9. The van der Waals surface area contributed by atoms with Crippen molar-refractivity contribution in [3.8, 4) is 0 Å². The van der Waals surface area contributed by atoms with Crippen molar-refractivity contribution in [2.24, 2.45) is 5.92 Å². The molecule has 0 radical (unpaired) electrons. The summed E-state index contributed by atoms with van der Waals surface area (Å²) in [5.41, 5.74) is 2.86. The van der Waals surface area contributed by atoms with Gasteiger partial charge in [0, 0.05) is 18.3 Å². The third kappa shape index (κ3) is 4.00. The number of nitrogens with zero attached hydrogens (tertiary/aromatic N) is 1. The van der Waals surface area contributed by atoms with E-state index >= 15 is 0 Å². The Hall–Kier alpha value is -1.02. The molecule has 1 heterocycles. The second kappa shape index (κ2) is 7.31. The molecule has 1 aliphatic carbocycles. The largest absolute Gasteiger partial charge is 0.382 e. The van der Waals surface area contributed by atoms with Gasteiger partial charge >= 0.3 is 0 Å². The summed E-state index contributed by atoms with van der Waals surface area (Å²) >= 11 is 0. The van der Waals surface area contributed by atoms with Crippen LogP contribution in [0.2, 0.25) is 0 Å². The fourth-order valence-corrected chi connectivity index (χ4v) is 3.99. The molecule has 1 aromatic carbocycles. The van der Waals surface area contributed by atoms with Crippen LogP contribution in [0.4, 0.5) is 5.69 Å². The van der Waals surface area contributed by atoms with Crippen molar-refractivity contribution in [1.82, 2.24) is 4.90 Å². The Morgan fingerprint density at radius 3 is 2.71 bits per heavy atom. The summed E-state index contributed by atoms with van der Waals surface area (Å²) in [5.74, 6) is 0.932. The monoisotopic (exact) mass is 286 g/mol. The van der Waals surface area contributed by atoms with Crippen LogP contribution < -0.4 is 5.32 Å². The zero-order valence-electron chi connectivity index (χ0n) is 13.5. The predicted octanol–water partition coefficient (Wildman–Crippen LogP) is 4.66. The highest BCUT2D eigenvalue weighted by Gasteiger charge is 2.21. The smallest absolute Gasteiger partial charge is 0.0388 e. The van der Waals surface area contributed by atoms with Crippen LogP contribution >= 0.6 is 0 Å². The number of anilines is 1. The van der Waals surface area contributed by atoms with Gasteiger partial charge < -0.3 is 5.32 Å². The summed E-state index contributed by atoms with van der Waals surface area (Å²) in [7, 11) is 0. The molecule has 21 heavy (non-hydrogen) atoms. The predicted molar refractivity (Wildman–Crippen MR) is 90.6 cm³/mol. The summed E-state index contributed by atoms with van der Waals surface area (Å²) in [6, 6.07) is 9.63. The van der Waals surface area contributed by atoms with E-state index in [0.717, 1.165) is 12.5 Å². The summed E-state index contributed by atoms with van der Waals surface area (Å²) in [6.45, 7) is 6.01. The third-order valence-electron chi connectivity index (χ3n) is 5.33. The number of benzene rings is 1. The second-order valence-electron chi connectivity index (χ2n) is 6.92. The van der Waals surface area contributed by atoms with Gasteiger partial charge in [0.2, 0.25) is 0 Å². The van der Waals surface area contributed by atoms with Crippen molar-refractivity contribution < 1.29 is 0 Å². The summed E-state index contributed by atoms with van der Waals surface area (Å²) in [4.78, 5) is 2.59. The zero-order chi connectivity index (χ0) is 14.5. The maximum Gasteiger partial charge on any atom is 0.0388 e. The molecular formula is C19H30N2. The Morgan fingerprint density at radius 2 is 1.90 bits per heavy atom. The Balaban J connectivity index is 1.64. The highest BCUT2D eigenvalue weighted by atomic mass is 15.1. The van der Waals surface area contributed by atoms with Crippen molar-refractivity contribution in [2.45, 2.75) is 64.5 Å². The van der Waals surface area contributed by atoms with E-state index in [9.17, 15) is 0 Å². The SMILES string of the molecule is CCC1CCCC(Nc2ccccc2CN2CCCC2)C1. The van der Waals surface area contributed by atoms with Gasteiger partial charge in [0.15, 0.2) is 0 Å². The van der Waals surface area contributed by atoms with Gasteiger partial charge in [0.1, 0.15) is 0 Å². The molecule has 2 nitrogen and oxygen atoms in total. The second-order valence-corrected chi connectivity index (χ2v) is 6.92. The van der Waals surface area contributed by atoms with Crippen molar-refractivity contribution in [3.63, 3.8) is 0 Å². The lowest BCUT2D eigenvalue weighted by Crippen LogP contribution is -2.28. The maximum atomic E-state index is 3.86. The number of hydrogen-bond donors (Lipinski definition) is 1. The number of likely N-dealkylation sites (tertiary alicyclic amines) is 1. The minimum Gasteiger partial charge on any atom is -0.382 e. The first-order valence-corrected chi connectivity index (χ1v) is 8.92. The van der Waals surface area contributed by atoms with E-state index in [1.807, 2.05) is 0 Å². The van der Waals surface area contributed by atoms with E-state index in [2.05, 4.69) is 41.4 Å². The zero-order valence-corrected chi connectivity index (χ0v) is 13.5. The molecule has 2 fully saturated rings. The van der Waals surface area contributed by atoms with Gasteiger partial charge in [-0.25, -0.2) is 0 Å². The van der Waals surface area contributed by atoms with Crippen LogP contribution in [0, 0.1) is 5.92 Å². The lowest BCUT2D eigenvalue weighted by Gasteiger charge is -2.31. The van der Waals surface area contributed by atoms with Crippen LogP contribution in [0.3, 0.4) is 0 Å². The first-order chi connectivity index (χ1) is 10.3. The van der Waals surface area contributed by atoms with E-state index in [0.29, 0.717) is 6.04 Å². The summed E-state index contributed by atoms with van der Waals surface area (Å²) in [5, 5.41) is 3.86. The van der Waals surface area contributed by atoms with Gasteiger partial charge in [-0.2, -0.15) is 0 Å². The summed E-state index contributed by atoms with van der Waals surface area (Å²) < 4.78 is 0. The lowest BCUT2D eigenvalue weighted by atomic mass is 9.84. The van der Waals surface area contributed by atoms with E-state index < -0.39 is 0 Å². The molecule has 0 amide bonds. The number of hydrogen-bond acceptors (Lipinski definition) is 2. The van der Waals surface area contributed by atoms with Crippen LogP contribution in [0.15, 0.2) is 24.3 Å². The van der Waals surface area contributed by atoms with E-state index in [1.54, 1.807) is 0 Å². The molecule has 1 N–H and O–H groups in total. The fraction of sp³-hybridized carbons (Fsp3) is 0.684. The highest BCUT2D eigenvalue weighted by molar-refractivity contribution is 5.51. The fourth-order valence-electron chi connectivity index (χ4n) is 3.99. The number of rotatable bonds is 5. The minimum absolute atomic E-state index is 0.684. The molecule has 3 rings (SSSR count). The Bertz CT molecular complexity index is 437. The molecule has 0 spiro atoms. The lowest BCUT2D eigenvalue weighted by molar-refractivity contribution is 0.324. The van der Waals surface area contributed by atoms with Crippen LogP contribution in [0.25, 0.3) is 0 Å².